The lowest BCUT2D eigenvalue weighted by Gasteiger charge is -2.27. The quantitative estimate of drug-likeness (QED) is 0.817. The first-order valence-corrected chi connectivity index (χ1v) is 9.72. The molecule has 19 heavy (non-hydrogen) atoms. The van der Waals surface area contributed by atoms with E-state index in [0.29, 0.717) is 29.4 Å². The monoisotopic (exact) mass is 287 g/mol. The fraction of sp³-hybridized carbons (Fsp3) is 1.00. The molecule has 1 aliphatic carbocycles. The summed E-state index contributed by atoms with van der Waals surface area (Å²) in [6.07, 6.45) is 7.59. The molecular formula is C15H29NO2S. The highest BCUT2D eigenvalue weighted by Gasteiger charge is 2.35. The molecule has 2 atom stereocenters. The van der Waals surface area contributed by atoms with Crippen LogP contribution >= 0.6 is 0 Å². The third kappa shape index (κ3) is 4.75. The van der Waals surface area contributed by atoms with Gasteiger partial charge in [0.05, 0.1) is 11.5 Å². The van der Waals surface area contributed by atoms with Gasteiger partial charge in [0.1, 0.15) is 0 Å². The van der Waals surface area contributed by atoms with E-state index in [1.165, 1.54) is 32.1 Å². The number of hydrogen-bond acceptors (Lipinski definition) is 3. The number of nitrogens with one attached hydrogen (secondary N) is 1. The van der Waals surface area contributed by atoms with Gasteiger partial charge in [-0.05, 0) is 37.1 Å². The lowest BCUT2D eigenvalue weighted by atomic mass is 9.83. The van der Waals surface area contributed by atoms with E-state index >= 15 is 0 Å². The van der Waals surface area contributed by atoms with E-state index in [9.17, 15) is 8.42 Å². The summed E-state index contributed by atoms with van der Waals surface area (Å²) < 4.78 is 23.4. The van der Waals surface area contributed by atoms with E-state index in [4.69, 9.17) is 0 Å². The highest BCUT2D eigenvalue weighted by molar-refractivity contribution is 7.91. The molecule has 0 aromatic carbocycles. The Morgan fingerprint density at radius 1 is 1.16 bits per heavy atom. The zero-order valence-electron chi connectivity index (χ0n) is 12.4. The highest BCUT2D eigenvalue weighted by Crippen LogP contribution is 2.36. The van der Waals surface area contributed by atoms with Gasteiger partial charge in [0, 0.05) is 6.04 Å². The van der Waals surface area contributed by atoms with Gasteiger partial charge in [-0.25, -0.2) is 8.42 Å². The van der Waals surface area contributed by atoms with E-state index in [1.807, 2.05) is 0 Å². The van der Waals surface area contributed by atoms with Gasteiger partial charge in [-0.2, -0.15) is 0 Å². The van der Waals surface area contributed by atoms with Crippen LogP contribution in [-0.2, 0) is 9.84 Å². The minimum absolute atomic E-state index is 0.400. The zero-order valence-corrected chi connectivity index (χ0v) is 13.2. The summed E-state index contributed by atoms with van der Waals surface area (Å²) in [6, 6.07) is 0.490. The van der Waals surface area contributed by atoms with Gasteiger partial charge in [0.15, 0.2) is 9.84 Å². The molecule has 3 nitrogen and oxygen atoms in total. The number of rotatable bonds is 6. The summed E-state index contributed by atoms with van der Waals surface area (Å²) >= 11 is 0. The summed E-state index contributed by atoms with van der Waals surface area (Å²) in [7, 11) is -2.74. The van der Waals surface area contributed by atoms with Gasteiger partial charge >= 0.3 is 0 Å². The lowest BCUT2D eigenvalue weighted by molar-refractivity contribution is 0.271. The largest absolute Gasteiger partial charge is 0.314 e. The maximum Gasteiger partial charge on any atom is 0.150 e. The molecule has 0 bridgehead atoms. The molecule has 0 radical (unpaired) electrons. The Balaban J connectivity index is 1.92. The van der Waals surface area contributed by atoms with Crippen LogP contribution in [0.25, 0.3) is 0 Å². The van der Waals surface area contributed by atoms with Crippen molar-refractivity contribution in [3.63, 3.8) is 0 Å². The minimum atomic E-state index is -2.74. The number of sulfone groups is 1. The van der Waals surface area contributed by atoms with Crippen LogP contribution in [-0.4, -0.2) is 32.5 Å². The molecule has 0 amide bonds. The van der Waals surface area contributed by atoms with Crippen molar-refractivity contribution >= 4 is 9.84 Å². The third-order valence-electron chi connectivity index (χ3n) is 4.83. The second kappa shape index (κ2) is 6.57. The van der Waals surface area contributed by atoms with Crippen molar-refractivity contribution < 1.29 is 8.42 Å². The van der Waals surface area contributed by atoms with E-state index in [1.54, 1.807) is 0 Å². The van der Waals surface area contributed by atoms with Gasteiger partial charge in [0.25, 0.3) is 0 Å². The predicted molar refractivity (Wildman–Crippen MR) is 80.0 cm³/mol. The Morgan fingerprint density at radius 3 is 2.37 bits per heavy atom. The molecule has 1 saturated heterocycles. The molecule has 1 heterocycles. The standard InChI is InChI=1S/C15H29NO2S/c1-12(2)16-10-15(9-13-5-3-4-6-13)14-7-8-19(17,18)11-14/h12-16H,3-11H2,1-2H3. The van der Waals surface area contributed by atoms with Crippen molar-refractivity contribution in [2.75, 3.05) is 18.1 Å². The van der Waals surface area contributed by atoms with Gasteiger partial charge in [-0.15, -0.1) is 0 Å². The van der Waals surface area contributed by atoms with Crippen molar-refractivity contribution in [1.82, 2.24) is 5.32 Å². The van der Waals surface area contributed by atoms with Gasteiger partial charge < -0.3 is 5.32 Å². The molecule has 1 N–H and O–H groups in total. The van der Waals surface area contributed by atoms with Crippen LogP contribution in [0, 0.1) is 17.8 Å². The molecule has 2 aliphatic rings. The maximum absolute atomic E-state index is 11.7. The molecule has 0 aromatic heterocycles. The predicted octanol–water partition coefficient (Wildman–Crippen LogP) is 2.62. The Morgan fingerprint density at radius 2 is 1.84 bits per heavy atom. The second-order valence-corrected chi connectivity index (χ2v) is 9.10. The number of hydrogen-bond donors (Lipinski definition) is 1. The third-order valence-corrected chi connectivity index (χ3v) is 6.63. The SMILES string of the molecule is CC(C)NCC(CC1CCCC1)C1CCS(=O)(=O)C1. The molecule has 112 valence electrons. The van der Waals surface area contributed by atoms with Crippen LogP contribution in [0.15, 0.2) is 0 Å². The summed E-state index contributed by atoms with van der Waals surface area (Å²) in [5.41, 5.74) is 0. The molecule has 2 fully saturated rings. The second-order valence-electron chi connectivity index (χ2n) is 6.87. The Hall–Kier alpha value is -0.0900. The normalized spacial score (nSPS) is 29.1. The first-order chi connectivity index (χ1) is 8.96. The van der Waals surface area contributed by atoms with Crippen LogP contribution < -0.4 is 5.32 Å². The van der Waals surface area contributed by atoms with E-state index in [-0.39, 0.29) is 0 Å². The fourth-order valence-electron chi connectivity index (χ4n) is 3.70. The Kier molecular flexibility index (Phi) is 5.29. The van der Waals surface area contributed by atoms with E-state index < -0.39 is 9.84 Å². The topological polar surface area (TPSA) is 46.2 Å². The first-order valence-electron chi connectivity index (χ1n) is 7.90. The fourth-order valence-corrected chi connectivity index (χ4v) is 5.62. The molecule has 0 spiro atoms. The van der Waals surface area contributed by atoms with Crippen LogP contribution in [0.2, 0.25) is 0 Å². The van der Waals surface area contributed by atoms with Crippen molar-refractivity contribution in [2.24, 2.45) is 17.8 Å². The lowest BCUT2D eigenvalue weighted by Crippen LogP contribution is -2.34. The van der Waals surface area contributed by atoms with E-state index in [2.05, 4.69) is 19.2 Å². The molecule has 2 unspecified atom stereocenters. The summed E-state index contributed by atoms with van der Waals surface area (Å²) in [6.45, 7) is 5.32. The summed E-state index contributed by atoms with van der Waals surface area (Å²) in [5, 5.41) is 3.53. The van der Waals surface area contributed by atoms with Gasteiger partial charge in [-0.1, -0.05) is 39.5 Å². The van der Waals surface area contributed by atoms with E-state index in [0.717, 1.165) is 18.9 Å². The Labute approximate surface area is 118 Å². The van der Waals surface area contributed by atoms with Crippen LogP contribution in [0.1, 0.15) is 52.4 Å². The van der Waals surface area contributed by atoms with Crippen molar-refractivity contribution in [3.05, 3.63) is 0 Å². The minimum Gasteiger partial charge on any atom is -0.314 e. The van der Waals surface area contributed by atoms with Crippen molar-refractivity contribution in [2.45, 2.75) is 58.4 Å². The van der Waals surface area contributed by atoms with Crippen LogP contribution in [0.5, 0.6) is 0 Å². The van der Waals surface area contributed by atoms with Gasteiger partial charge in [-0.3, -0.25) is 0 Å². The van der Waals surface area contributed by atoms with Crippen molar-refractivity contribution in [3.8, 4) is 0 Å². The van der Waals surface area contributed by atoms with Gasteiger partial charge in [0.2, 0.25) is 0 Å². The molecular weight excluding hydrogens is 258 g/mol. The summed E-state index contributed by atoms with van der Waals surface area (Å²) in [5.74, 6) is 2.66. The smallest absolute Gasteiger partial charge is 0.150 e. The molecule has 0 aromatic rings. The molecule has 2 rings (SSSR count). The van der Waals surface area contributed by atoms with Crippen molar-refractivity contribution in [1.29, 1.82) is 0 Å². The average molecular weight is 287 g/mol. The molecule has 4 heteroatoms. The zero-order chi connectivity index (χ0) is 13.9. The molecule has 1 aliphatic heterocycles. The van der Waals surface area contributed by atoms with Crippen LogP contribution in [0.4, 0.5) is 0 Å². The maximum atomic E-state index is 11.7. The summed E-state index contributed by atoms with van der Waals surface area (Å²) in [4.78, 5) is 0. The average Bonchev–Trinajstić information content (AvgIpc) is 2.93. The molecule has 1 saturated carbocycles. The van der Waals surface area contributed by atoms with Crippen LogP contribution in [0.3, 0.4) is 0 Å². The Bertz CT molecular complexity index is 372. The highest BCUT2D eigenvalue weighted by atomic mass is 32.2. The first kappa shape index (κ1) is 15.3.